The number of benzene rings is 2. The Morgan fingerprint density at radius 3 is 2.58 bits per heavy atom. The highest BCUT2D eigenvalue weighted by molar-refractivity contribution is 9.10. The summed E-state index contributed by atoms with van der Waals surface area (Å²) in [6, 6.07) is 15.2. The lowest BCUT2D eigenvalue weighted by molar-refractivity contribution is 0.268. The number of hydrogen-bond donors (Lipinski definition) is 1. The highest BCUT2D eigenvalue weighted by Gasteiger charge is 2.10. The molecule has 4 nitrogen and oxygen atoms in total. The van der Waals surface area contributed by atoms with E-state index in [0.29, 0.717) is 15.8 Å². The zero-order valence-corrected chi connectivity index (χ0v) is 15.4. The van der Waals surface area contributed by atoms with Crippen LogP contribution in [0.15, 0.2) is 70.1 Å². The van der Waals surface area contributed by atoms with Gasteiger partial charge in [0.15, 0.2) is 0 Å². The van der Waals surface area contributed by atoms with E-state index in [-0.39, 0.29) is 31.1 Å². The second kappa shape index (κ2) is 8.29. The predicted molar refractivity (Wildman–Crippen MR) is 101 cm³/mol. The van der Waals surface area contributed by atoms with E-state index in [1.165, 1.54) is 16.7 Å². The molecule has 1 heterocycles. The van der Waals surface area contributed by atoms with Crippen molar-refractivity contribution in [1.82, 2.24) is 4.57 Å². The van der Waals surface area contributed by atoms with Gasteiger partial charge in [-0.2, -0.15) is 0 Å². The van der Waals surface area contributed by atoms with Gasteiger partial charge >= 0.3 is 0 Å². The third kappa shape index (κ3) is 4.20. The maximum absolute atomic E-state index is 13.3. The maximum atomic E-state index is 13.3. The molecule has 0 fully saturated rings. The Bertz CT molecular complexity index is 971. The van der Waals surface area contributed by atoms with Gasteiger partial charge in [-0.3, -0.25) is 4.79 Å². The molecule has 0 radical (unpaired) electrons. The van der Waals surface area contributed by atoms with Crippen molar-refractivity contribution in [3.8, 4) is 5.75 Å². The van der Waals surface area contributed by atoms with Crippen LogP contribution in [-0.4, -0.2) is 9.67 Å². The van der Waals surface area contributed by atoms with E-state index in [2.05, 4.69) is 15.9 Å². The van der Waals surface area contributed by atoms with E-state index >= 15 is 0 Å². The number of nitrogens with zero attached hydrogens (tertiary/aromatic N) is 1. The van der Waals surface area contributed by atoms with Gasteiger partial charge in [0.2, 0.25) is 0 Å². The van der Waals surface area contributed by atoms with Crippen molar-refractivity contribution >= 4 is 15.9 Å². The lowest BCUT2D eigenvalue weighted by Crippen LogP contribution is -2.21. The van der Waals surface area contributed by atoms with Crippen molar-refractivity contribution in [2.45, 2.75) is 19.8 Å². The Morgan fingerprint density at radius 2 is 1.85 bits per heavy atom. The number of hydrogen-bond acceptors (Lipinski definition) is 3. The van der Waals surface area contributed by atoms with E-state index in [1.54, 1.807) is 24.4 Å². The van der Waals surface area contributed by atoms with Crippen LogP contribution in [-0.2, 0) is 19.8 Å². The van der Waals surface area contributed by atoms with Gasteiger partial charge in [0, 0.05) is 6.20 Å². The van der Waals surface area contributed by atoms with Gasteiger partial charge in [-0.05, 0) is 50.8 Å². The summed E-state index contributed by atoms with van der Waals surface area (Å²) in [4.78, 5) is 12.5. The van der Waals surface area contributed by atoms with Gasteiger partial charge in [-0.15, -0.1) is 0 Å². The Morgan fingerprint density at radius 1 is 1.08 bits per heavy atom. The third-order valence-corrected chi connectivity index (χ3v) is 4.71. The lowest BCUT2D eigenvalue weighted by atomic mass is 10.1. The molecule has 0 aliphatic carbocycles. The zero-order valence-electron chi connectivity index (χ0n) is 13.9. The Hall–Kier alpha value is -2.44. The molecule has 0 aliphatic heterocycles. The molecule has 0 saturated carbocycles. The number of rotatable bonds is 6. The number of pyridine rings is 1. The average Bonchev–Trinajstić information content (AvgIpc) is 2.65. The monoisotopic (exact) mass is 417 g/mol. The van der Waals surface area contributed by atoms with Gasteiger partial charge in [0.05, 0.1) is 13.2 Å². The summed E-state index contributed by atoms with van der Waals surface area (Å²) in [7, 11) is 0. The number of aromatic nitrogens is 1. The van der Waals surface area contributed by atoms with Gasteiger partial charge in [0.1, 0.15) is 22.6 Å². The van der Waals surface area contributed by atoms with Crippen LogP contribution in [0.1, 0.15) is 16.7 Å². The van der Waals surface area contributed by atoms with Crippen LogP contribution in [0, 0.1) is 5.82 Å². The summed E-state index contributed by atoms with van der Waals surface area (Å²) in [5.41, 5.74) is 2.07. The first-order valence-corrected chi connectivity index (χ1v) is 8.81. The standard InChI is InChI=1S/C20H17BrFNO3/c21-19-18(26-13-16-6-2-1-5-15(16)12-24)8-9-23(20(19)25)11-14-4-3-7-17(22)10-14/h1-10,24H,11-13H2. The molecule has 0 aliphatic rings. The molecule has 2 aromatic carbocycles. The first-order chi connectivity index (χ1) is 12.6. The summed E-state index contributed by atoms with van der Waals surface area (Å²) < 4.78 is 20.8. The molecular formula is C20H17BrFNO3. The minimum Gasteiger partial charge on any atom is -0.487 e. The molecule has 0 atom stereocenters. The van der Waals surface area contributed by atoms with Gasteiger partial charge < -0.3 is 14.4 Å². The molecule has 1 aromatic heterocycles. The highest BCUT2D eigenvalue weighted by Crippen LogP contribution is 2.22. The second-order valence-corrected chi connectivity index (χ2v) is 6.57. The van der Waals surface area contributed by atoms with Gasteiger partial charge in [-0.25, -0.2) is 4.39 Å². The van der Waals surface area contributed by atoms with Crippen molar-refractivity contribution in [3.05, 3.63) is 98.1 Å². The molecule has 0 unspecified atom stereocenters. The number of aliphatic hydroxyl groups excluding tert-OH is 1. The third-order valence-electron chi connectivity index (χ3n) is 3.98. The van der Waals surface area contributed by atoms with E-state index in [0.717, 1.165) is 11.1 Å². The molecule has 0 saturated heterocycles. The van der Waals surface area contributed by atoms with Crippen LogP contribution < -0.4 is 10.3 Å². The highest BCUT2D eigenvalue weighted by atomic mass is 79.9. The Balaban J connectivity index is 1.78. The lowest BCUT2D eigenvalue weighted by Gasteiger charge is -2.13. The molecule has 3 aromatic rings. The van der Waals surface area contributed by atoms with E-state index in [1.807, 2.05) is 24.3 Å². The summed E-state index contributed by atoms with van der Waals surface area (Å²) in [5, 5.41) is 9.37. The van der Waals surface area contributed by atoms with Crippen molar-refractivity contribution in [3.63, 3.8) is 0 Å². The summed E-state index contributed by atoms with van der Waals surface area (Å²) in [6.07, 6.45) is 1.62. The normalized spacial score (nSPS) is 10.7. The fraction of sp³-hybridized carbons (Fsp3) is 0.150. The first-order valence-electron chi connectivity index (χ1n) is 8.02. The SMILES string of the molecule is O=c1c(Br)c(OCc2ccccc2CO)ccn1Cc1cccc(F)c1. The van der Waals surface area contributed by atoms with E-state index in [4.69, 9.17) is 4.74 Å². The molecule has 3 rings (SSSR count). The smallest absolute Gasteiger partial charge is 0.268 e. The minimum absolute atomic E-state index is 0.0735. The first kappa shape index (κ1) is 18.4. The van der Waals surface area contributed by atoms with Crippen LogP contribution in [0.25, 0.3) is 0 Å². The number of halogens is 2. The van der Waals surface area contributed by atoms with Crippen molar-refractivity contribution in [2.24, 2.45) is 0 Å². The molecule has 0 spiro atoms. The molecule has 1 N–H and O–H groups in total. The van der Waals surface area contributed by atoms with E-state index in [9.17, 15) is 14.3 Å². The molecule has 134 valence electrons. The fourth-order valence-electron chi connectivity index (χ4n) is 2.61. The van der Waals surface area contributed by atoms with Crippen molar-refractivity contribution < 1.29 is 14.2 Å². The molecule has 26 heavy (non-hydrogen) atoms. The molecule has 0 amide bonds. The molecular weight excluding hydrogens is 401 g/mol. The second-order valence-electron chi connectivity index (χ2n) is 5.77. The largest absolute Gasteiger partial charge is 0.487 e. The van der Waals surface area contributed by atoms with Crippen LogP contribution in [0.3, 0.4) is 0 Å². The van der Waals surface area contributed by atoms with Crippen LogP contribution in [0.5, 0.6) is 5.75 Å². The Kier molecular flexibility index (Phi) is 5.85. The Labute approximate surface area is 158 Å². The fourth-order valence-corrected chi connectivity index (χ4v) is 3.08. The van der Waals surface area contributed by atoms with Crippen LogP contribution in [0.4, 0.5) is 4.39 Å². The van der Waals surface area contributed by atoms with E-state index < -0.39 is 0 Å². The quantitative estimate of drug-likeness (QED) is 0.662. The van der Waals surface area contributed by atoms with Crippen LogP contribution >= 0.6 is 15.9 Å². The number of ether oxygens (including phenoxy) is 1. The van der Waals surface area contributed by atoms with Gasteiger partial charge in [0.25, 0.3) is 5.56 Å². The summed E-state index contributed by atoms with van der Waals surface area (Å²) in [5.74, 6) is 0.0790. The van der Waals surface area contributed by atoms with Crippen LogP contribution in [0.2, 0.25) is 0 Å². The number of aliphatic hydroxyl groups is 1. The van der Waals surface area contributed by atoms with Gasteiger partial charge in [-0.1, -0.05) is 36.4 Å². The predicted octanol–water partition coefficient (Wildman–Crippen LogP) is 3.87. The maximum Gasteiger partial charge on any atom is 0.268 e. The van der Waals surface area contributed by atoms with Crippen molar-refractivity contribution in [2.75, 3.05) is 0 Å². The average molecular weight is 418 g/mol. The van der Waals surface area contributed by atoms with Crippen molar-refractivity contribution in [1.29, 1.82) is 0 Å². The zero-order chi connectivity index (χ0) is 18.5. The summed E-state index contributed by atoms with van der Waals surface area (Å²) >= 11 is 3.29. The topological polar surface area (TPSA) is 51.5 Å². The molecule has 0 bridgehead atoms. The molecule has 6 heteroatoms. The minimum atomic E-state index is -0.336. The summed E-state index contributed by atoms with van der Waals surface area (Å²) in [6.45, 7) is 0.432.